The molecule has 1 heterocycles. The van der Waals surface area contributed by atoms with Crippen LogP contribution in [-0.4, -0.2) is 12.1 Å². The van der Waals surface area contributed by atoms with Crippen LogP contribution in [0.3, 0.4) is 0 Å². The zero-order chi connectivity index (χ0) is 15.8. The van der Waals surface area contributed by atoms with Gasteiger partial charge in [0.1, 0.15) is 17.3 Å². The van der Waals surface area contributed by atoms with Crippen molar-refractivity contribution < 1.29 is 27.1 Å². The molecule has 112 valence electrons. The number of carbonyl (C=O) groups is 1. The van der Waals surface area contributed by atoms with Crippen molar-refractivity contribution in [1.29, 1.82) is 0 Å². The Morgan fingerprint density at radius 2 is 1.71 bits per heavy atom. The lowest BCUT2D eigenvalue weighted by Crippen LogP contribution is -2.19. The Labute approximate surface area is 119 Å². The van der Waals surface area contributed by atoms with Crippen molar-refractivity contribution in [3.05, 3.63) is 52.5 Å². The molecule has 3 nitrogen and oxygen atoms in total. The number of hydrogen-bond acceptors (Lipinski definition) is 3. The number of halogens is 3. The third kappa shape index (κ3) is 3.09. The molecular weight excluding hydrogens is 285 g/mol. The maximum Gasteiger partial charge on any atom is 0.573 e. The normalized spacial score (nSPS) is 11.5. The van der Waals surface area contributed by atoms with Crippen LogP contribution in [0.1, 0.15) is 33.0 Å². The topological polar surface area (TPSA) is 39.4 Å². The number of para-hydroxylation sites is 1. The van der Waals surface area contributed by atoms with Crippen molar-refractivity contribution in [2.24, 2.45) is 0 Å². The van der Waals surface area contributed by atoms with E-state index in [1.807, 2.05) is 0 Å². The molecule has 0 aliphatic carbocycles. The second kappa shape index (κ2) is 5.27. The summed E-state index contributed by atoms with van der Waals surface area (Å²) < 4.78 is 46.4. The average Bonchev–Trinajstić information content (AvgIpc) is 2.61. The Hall–Kier alpha value is -2.24. The van der Waals surface area contributed by atoms with Crippen molar-refractivity contribution >= 4 is 5.78 Å². The Kier molecular flexibility index (Phi) is 3.80. The molecule has 6 heteroatoms. The maximum atomic E-state index is 12.5. The number of rotatable bonds is 3. The van der Waals surface area contributed by atoms with E-state index in [9.17, 15) is 18.0 Å². The zero-order valence-corrected chi connectivity index (χ0v) is 11.7. The Morgan fingerprint density at radius 1 is 1.10 bits per heavy atom. The van der Waals surface area contributed by atoms with E-state index in [-0.39, 0.29) is 11.1 Å². The molecular formula is C15H13F3O3. The highest BCUT2D eigenvalue weighted by atomic mass is 19.4. The first kappa shape index (κ1) is 15.2. The molecule has 2 rings (SSSR count). The van der Waals surface area contributed by atoms with E-state index in [0.29, 0.717) is 17.1 Å². The summed E-state index contributed by atoms with van der Waals surface area (Å²) >= 11 is 0. The van der Waals surface area contributed by atoms with Crippen LogP contribution in [0, 0.1) is 20.8 Å². The summed E-state index contributed by atoms with van der Waals surface area (Å²) in [5, 5.41) is 0. The van der Waals surface area contributed by atoms with Gasteiger partial charge in [-0.15, -0.1) is 13.2 Å². The van der Waals surface area contributed by atoms with Gasteiger partial charge in [0.2, 0.25) is 5.78 Å². The molecule has 0 radical (unpaired) electrons. The minimum absolute atomic E-state index is 0.151. The van der Waals surface area contributed by atoms with Crippen molar-refractivity contribution in [1.82, 2.24) is 0 Å². The molecule has 2 aromatic rings. The van der Waals surface area contributed by atoms with Crippen molar-refractivity contribution in [2.75, 3.05) is 0 Å². The number of benzene rings is 1. The summed E-state index contributed by atoms with van der Waals surface area (Å²) in [7, 11) is 0. The van der Waals surface area contributed by atoms with Gasteiger partial charge in [-0.25, -0.2) is 0 Å². The summed E-state index contributed by atoms with van der Waals surface area (Å²) in [6.07, 6.45) is -4.85. The van der Waals surface area contributed by atoms with Gasteiger partial charge < -0.3 is 9.15 Å². The molecule has 0 aliphatic heterocycles. The highest BCUT2D eigenvalue weighted by Gasteiger charge is 2.33. The SMILES string of the molecule is Cc1oc(C)c(C(=O)c2ccccc2OC(F)(F)F)c1C. The van der Waals surface area contributed by atoms with Crippen LogP contribution in [-0.2, 0) is 0 Å². The van der Waals surface area contributed by atoms with Gasteiger partial charge in [0.15, 0.2) is 0 Å². The molecule has 0 amide bonds. The molecule has 0 saturated heterocycles. The fourth-order valence-corrected chi connectivity index (χ4v) is 2.13. The van der Waals surface area contributed by atoms with E-state index >= 15 is 0 Å². The van der Waals surface area contributed by atoms with Gasteiger partial charge in [0.05, 0.1) is 11.1 Å². The predicted molar refractivity (Wildman–Crippen MR) is 69.5 cm³/mol. The Morgan fingerprint density at radius 3 is 2.24 bits per heavy atom. The van der Waals surface area contributed by atoms with E-state index in [1.165, 1.54) is 18.2 Å². The number of alkyl halides is 3. The lowest BCUT2D eigenvalue weighted by atomic mass is 9.99. The molecule has 0 atom stereocenters. The minimum atomic E-state index is -4.85. The number of ketones is 1. The lowest BCUT2D eigenvalue weighted by Gasteiger charge is -2.12. The average molecular weight is 298 g/mol. The largest absolute Gasteiger partial charge is 0.573 e. The van der Waals surface area contributed by atoms with Crippen molar-refractivity contribution in [3.8, 4) is 5.75 Å². The molecule has 0 unspecified atom stereocenters. The molecule has 1 aromatic carbocycles. The van der Waals surface area contributed by atoms with Crippen LogP contribution in [0.5, 0.6) is 5.75 Å². The predicted octanol–water partition coefficient (Wildman–Crippen LogP) is 4.33. The van der Waals surface area contributed by atoms with Crippen LogP contribution >= 0.6 is 0 Å². The van der Waals surface area contributed by atoms with Gasteiger partial charge in [0, 0.05) is 5.56 Å². The molecule has 21 heavy (non-hydrogen) atoms. The maximum absolute atomic E-state index is 12.5. The van der Waals surface area contributed by atoms with E-state index in [1.54, 1.807) is 20.8 Å². The van der Waals surface area contributed by atoms with E-state index in [2.05, 4.69) is 4.74 Å². The van der Waals surface area contributed by atoms with Crippen LogP contribution in [0.2, 0.25) is 0 Å². The molecule has 0 spiro atoms. The number of aryl methyl sites for hydroxylation is 2. The Bertz CT molecular complexity index is 684. The van der Waals surface area contributed by atoms with Gasteiger partial charge in [-0.2, -0.15) is 0 Å². The van der Waals surface area contributed by atoms with Crippen LogP contribution in [0.25, 0.3) is 0 Å². The van der Waals surface area contributed by atoms with Crippen LogP contribution in [0.4, 0.5) is 13.2 Å². The molecule has 0 saturated carbocycles. The number of ether oxygens (including phenoxy) is 1. The first-order valence-corrected chi connectivity index (χ1v) is 6.16. The quantitative estimate of drug-likeness (QED) is 0.792. The summed E-state index contributed by atoms with van der Waals surface area (Å²) in [5.41, 5.74) is 0.729. The molecule has 0 aliphatic rings. The van der Waals surface area contributed by atoms with E-state index < -0.39 is 17.9 Å². The van der Waals surface area contributed by atoms with Gasteiger partial charge in [-0.1, -0.05) is 12.1 Å². The standard InChI is InChI=1S/C15H13F3O3/c1-8-9(2)20-10(3)13(8)14(19)11-6-4-5-7-12(11)21-15(16,17)18/h4-7H,1-3H3. The van der Waals surface area contributed by atoms with Gasteiger partial charge in [0.25, 0.3) is 0 Å². The summed E-state index contributed by atoms with van der Waals surface area (Å²) in [5.74, 6) is -0.142. The first-order chi connectivity index (χ1) is 9.70. The van der Waals surface area contributed by atoms with Gasteiger partial charge in [-0.3, -0.25) is 4.79 Å². The summed E-state index contributed by atoms with van der Waals surface area (Å²) in [4.78, 5) is 12.5. The van der Waals surface area contributed by atoms with Crippen molar-refractivity contribution in [2.45, 2.75) is 27.1 Å². The second-order valence-electron chi connectivity index (χ2n) is 4.59. The molecule has 0 fully saturated rings. The van der Waals surface area contributed by atoms with Crippen LogP contribution in [0.15, 0.2) is 28.7 Å². The molecule has 1 aromatic heterocycles. The van der Waals surface area contributed by atoms with Crippen molar-refractivity contribution in [3.63, 3.8) is 0 Å². The highest BCUT2D eigenvalue weighted by Crippen LogP contribution is 2.30. The highest BCUT2D eigenvalue weighted by molar-refractivity contribution is 6.12. The summed E-state index contributed by atoms with van der Waals surface area (Å²) in [6.45, 7) is 4.98. The number of hydrogen-bond donors (Lipinski definition) is 0. The number of carbonyl (C=O) groups excluding carboxylic acids is 1. The van der Waals surface area contributed by atoms with E-state index in [4.69, 9.17) is 4.42 Å². The number of furan rings is 1. The minimum Gasteiger partial charge on any atom is -0.466 e. The first-order valence-electron chi connectivity index (χ1n) is 6.16. The van der Waals surface area contributed by atoms with Gasteiger partial charge in [-0.05, 0) is 32.9 Å². The lowest BCUT2D eigenvalue weighted by molar-refractivity contribution is -0.274. The third-order valence-corrected chi connectivity index (χ3v) is 3.15. The fourth-order valence-electron chi connectivity index (χ4n) is 2.13. The molecule has 0 N–H and O–H groups in total. The summed E-state index contributed by atoms with van der Waals surface area (Å²) in [6, 6.07) is 5.26. The third-order valence-electron chi connectivity index (χ3n) is 3.15. The monoisotopic (exact) mass is 298 g/mol. The smallest absolute Gasteiger partial charge is 0.466 e. The fraction of sp³-hybridized carbons (Fsp3) is 0.267. The second-order valence-corrected chi connectivity index (χ2v) is 4.59. The molecule has 0 bridgehead atoms. The van der Waals surface area contributed by atoms with Crippen LogP contribution < -0.4 is 4.74 Å². The zero-order valence-electron chi connectivity index (χ0n) is 11.7. The Balaban J connectivity index is 2.49. The van der Waals surface area contributed by atoms with E-state index in [0.717, 1.165) is 6.07 Å². The van der Waals surface area contributed by atoms with Gasteiger partial charge >= 0.3 is 6.36 Å².